The Hall–Kier alpha value is -3.11. The second-order valence-corrected chi connectivity index (χ2v) is 9.24. The molecular weight excluding hydrogens is 503 g/mol. The molecule has 0 unspecified atom stereocenters. The molecule has 35 heavy (non-hydrogen) atoms. The van der Waals surface area contributed by atoms with Crippen LogP contribution in [0.3, 0.4) is 0 Å². The fourth-order valence-corrected chi connectivity index (χ4v) is 5.05. The second kappa shape index (κ2) is 11.1. The predicted octanol–water partition coefficient (Wildman–Crippen LogP) is 5.49. The number of alkyl halides is 2. The molecule has 1 aliphatic rings. The van der Waals surface area contributed by atoms with Crippen molar-refractivity contribution in [3.63, 3.8) is 0 Å². The number of ether oxygens (including phenoxy) is 1. The molecule has 1 N–H and O–H groups in total. The maximum atomic E-state index is 14.1. The molecule has 0 saturated carbocycles. The van der Waals surface area contributed by atoms with Gasteiger partial charge in [-0.3, -0.25) is 9.59 Å². The molecule has 0 bridgehead atoms. The molecule has 0 atom stereocenters. The van der Waals surface area contributed by atoms with Crippen LogP contribution in [-0.2, 0) is 6.54 Å². The third kappa shape index (κ3) is 6.12. The second-order valence-electron chi connectivity index (χ2n) is 7.94. The number of likely N-dealkylation sites (tertiary alicyclic amines) is 1. The molecule has 1 aliphatic heterocycles. The van der Waals surface area contributed by atoms with Gasteiger partial charge in [-0.2, -0.15) is 8.78 Å². The van der Waals surface area contributed by atoms with Crippen molar-refractivity contribution in [2.24, 2.45) is 0 Å². The number of hydrogen-bond donors (Lipinski definition) is 1. The molecule has 1 fully saturated rings. The first kappa shape index (κ1) is 25.0. The Morgan fingerprint density at radius 2 is 1.89 bits per heavy atom. The molecule has 4 rings (SSSR count). The first-order chi connectivity index (χ1) is 16.8. The lowest BCUT2D eigenvalue weighted by Gasteiger charge is -2.31. The van der Waals surface area contributed by atoms with Gasteiger partial charge in [-0.15, -0.1) is 11.3 Å². The van der Waals surface area contributed by atoms with Crippen LogP contribution < -0.4 is 10.1 Å². The number of aromatic nitrogens is 1. The third-order valence-corrected chi connectivity index (χ3v) is 6.99. The van der Waals surface area contributed by atoms with Crippen LogP contribution in [-0.4, -0.2) is 41.4 Å². The zero-order chi connectivity index (χ0) is 24.9. The molecule has 2 heterocycles. The molecule has 1 aromatic heterocycles. The quantitative estimate of drug-likeness (QED) is 0.445. The van der Waals surface area contributed by atoms with Crippen molar-refractivity contribution in [1.29, 1.82) is 0 Å². The van der Waals surface area contributed by atoms with Crippen LogP contribution in [0.25, 0.3) is 0 Å². The van der Waals surface area contributed by atoms with Crippen LogP contribution in [0.5, 0.6) is 5.75 Å². The van der Waals surface area contributed by atoms with E-state index in [4.69, 9.17) is 11.6 Å². The third-order valence-electron chi connectivity index (χ3n) is 5.66. The first-order valence-corrected chi connectivity index (χ1v) is 12.1. The van der Waals surface area contributed by atoms with Crippen LogP contribution in [0.1, 0.15) is 50.2 Å². The zero-order valence-electron chi connectivity index (χ0n) is 18.3. The predicted molar refractivity (Wildman–Crippen MR) is 126 cm³/mol. The molecule has 3 aromatic rings. The summed E-state index contributed by atoms with van der Waals surface area (Å²) >= 11 is 7.40. The van der Waals surface area contributed by atoms with E-state index in [9.17, 15) is 22.8 Å². The van der Waals surface area contributed by atoms with Crippen LogP contribution in [0.2, 0.25) is 5.02 Å². The summed E-state index contributed by atoms with van der Waals surface area (Å²) in [5.74, 6) is -1.28. The van der Waals surface area contributed by atoms with Crippen molar-refractivity contribution in [1.82, 2.24) is 15.2 Å². The van der Waals surface area contributed by atoms with Crippen LogP contribution >= 0.6 is 22.9 Å². The normalized spacial score (nSPS) is 14.3. The number of amides is 2. The summed E-state index contributed by atoms with van der Waals surface area (Å²) in [4.78, 5) is 31.3. The van der Waals surface area contributed by atoms with Gasteiger partial charge in [0.05, 0.1) is 15.6 Å². The number of carbonyl (C=O) groups excluding carboxylic acids is 2. The van der Waals surface area contributed by atoms with E-state index in [1.165, 1.54) is 41.7 Å². The van der Waals surface area contributed by atoms with Gasteiger partial charge in [0, 0.05) is 30.9 Å². The number of nitrogens with zero attached hydrogens (tertiary/aromatic N) is 2. The van der Waals surface area contributed by atoms with Crippen LogP contribution in [0.4, 0.5) is 13.2 Å². The topological polar surface area (TPSA) is 71.5 Å². The van der Waals surface area contributed by atoms with Gasteiger partial charge in [0.25, 0.3) is 11.8 Å². The number of rotatable bonds is 7. The van der Waals surface area contributed by atoms with E-state index in [0.717, 1.165) is 10.6 Å². The summed E-state index contributed by atoms with van der Waals surface area (Å²) < 4.78 is 42.9. The molecule has 2 amide bonds. The highest BCUT2D eigenvalue weighted by molar-refractivity contribution is 7.09. The van der Waals surface area contributed by atoms with E-state index < -0.39 is 18.3 Å². The lowest BCUT2D eigenvalue weighted by Crippen LogP contribution is -2.38. The Kier molecular flexibility index (Phi) is 7.92. The Bertz CT molecular complexity index is 1180. The Balaban J connectivity index is 1.29. The van der Waals surface area contributed by atoms with E-state index in [1.54, 1.807) is 22.4 Å². The monoisotopic (exact) mass is 523 g/mol. The number of piperidine rings is 1. The fraction of sp³-hybridized carbons (Fsp3) is 0.292. The van der Waals surface area contributed by atoms with Crippen molar-refractivity contribution >= 4 is 34.8 Å². The van der Waals surface area contributed by atoms with Gasteiger partial charge >= 0.3 is 6.61 Å². The summed E-state index contributed by atoms with van der Waals surface area (Å²) in [5, 5.41) is 5.33. The summed E-state index contributed by atoms with van der Waals surface area (Å²) in [6.45, 7) is -1.82. The average Bonchev–Trinajstić information content (AvgIpc) is 3.33. The Morgan fingerprint density at radius 1 is 1.17 bits per heavy atom. The minimum Gasteiger partial charge on any atom is -0.435 e. The van der Waals surface area contributed by atoms with Crippen molar-refractivity contribution in [3.05, 3.63) is 80.5 Å². The molecule has 0 radical (unpaired) electrons. The van der Waals surface area contributed by atoms with Gasteiger partial charge in [0.2, 0.25) is 0 Å². The van der Waals surface area contributed by atoms with Crippen molar-refractivity contribution in [2.75, 3.05) is 13.1 Å². The van der Waals surface area contributed by atoms with Crippen LogP contribution in [0, 0.1) is 5.82 Å². The lowest BCUT2D eigenvalue weighted by atomic mass is 9.97. The number of carbonyl (C=O) groups is 2. The van der Waals surface area contributed by atoms with Gasteiger partial charge < -0.3 is 15.0 Å². The van der Waals surface area contributed by atoms with Crippen molar-refractivity contribution in [3.8, 4) is 5.75 Å². The highest BCUT2D eigenvalue weighted by Crippen LogP contribution is 2.32. The first-order valence-electron chi connectivity index (χ1n) is 10.8. The minimum atomic E-state index is -2.89. The van der Waals surface area contributed by atoms with E-state index in [-0.39, 0.29) is 34.7 Å². The SMILES string of the molecule is O=C(NCc1ccc(OC(F)F)cc1)c1csc(C2CCN(C(=O)c3c(F)cccc3Cl)CC2)n1. The van der Waals surface area contributed by atoms with E-state index in [1.807, 2.05) is 0 Å². The molecule has 11 heteroatoms. The number of nitrogens with one attached hydrogen (secondary N) is 1. The molecule has 0 spiro atoms. The summed E-state index contributed by atoms with van der Waals surface area (Å²) in [7, 11) is 0. The Morgan fingerprint density at radius 3 is 2.54 bits per heavy atom. The highest BCUT2D eigenvalue weighted by atomic mass is 35.5. The van der Waals surface area contributed by atoms with Crippen molar-refractivity contribution in [2.45, 2.75) is 31.9 Å². The number of halogens is 4. The van der Waals surface area contributed by atoms with Gasteiger partial charge in [0.15, 0.2) is 0 Å². The van der Waals surface area contributed by atoms with Gasteiger partial charge in [-0.25, -0.2) is 9.37 Å². The summed E-state index contributed by atoms with van der Waals surface area (Å²) in [6, 6.07) is 10.2. The summed E-state index contributed by atoms with van der Waals surface area (Å²) in [5.41, 5.74) is 0.902. The number of thiazole rings is 1. The maximum absolute atomic E-state index is 14.1. The molecule has 2 aromatic carbocycles. The molecular formula is C24H21ClF3N3O3S. The summed E-state index contributed by atoms with van der Waals surface area (Å²) in [6.07, 6.45) is 1.28. The van der Waals surface area contributed by atoms with Gasteiger partial charge in [-0.1, -0.05) is 29.8 Å². The molecule has 0 aliphatic carbocycles. The Labute approximate surface area is 208 Å². The fourth-order valence-electron chi connectivity index (χ4n) is 3.83. The van der Waals surface area contributed by atoms with Gasteiger partial charge in [0.1, 0.15) is 17.3 Å². The molecule has 1 saturated heterocycles. The average molecular weight is 524 g/mol. The van der Waals surface area contributed by atoms with E-state index in [0.29, 0.717) is 31.6 Å². The van der Waals surface area contributed by atoms with Crippen molar-refractivity contribution < 1.29 is 27.5 Å². The van der Waals surface area contributed by atoms with Gasteiger partial charge in [-0.05, 0) is 42.7 Å². The van der Waals surface area contributed by atoms with Crippen LogP contribution in [0.15, 0.2) is 47.8 Å². The zero-order valence-corrected chi connectivity index (χ0v) is 19.9. The standard InChI is InChI=1S/C24H21ClF3N3O3S/c25-17-2-1-3-18(26)20(17)23(33)31-10-8-15(9-11-31)22-30-19(13-35-22)21(32)29-12-14-4-6-16(7-5-14)34-24(27)28/h1-7,13,15,24H,8-12H2,(H,29,32). The van der Waals surface area contributed by atoms with E-state index >= 15 is 0 Å². The smallest absolute Gasteiger partial charge is 0.387 e. The molecule has 184 valence electrons. The lowest BCUT2D eigenvalue weighted by molar-refractivity contribution is -0.0498. The maximum Gasteiger partial charge on any atom is 0.387 e. The number of benzene rings is 2. The number of hydrogen-bond acceptors (Lipinski definition) is 5. The largest absolute Gasteiger partial charge is 0.435 e. The minimum absolute atomic E-state index is 0.0453. The molecule has 6 nitrogen and oxygen atoms in total. The highest BCUT2D eigenvalue weighted by Gasteiger charge is 2.29. The van der Waals surface area contributed by atoms with E-state index in [2.05, 4.69) is 15.0 Å².